The van der Waals surface area contributed by atoms with Crippen LogP contribution in [0, 0.1) is 5.92 Å². The normalized spacial score (nSPS) is 23.2. The van der Waals surface area contributed by atoms with Gasteiger partial charge in [-0.3, -0.25) is 19.4 Å². The molecule has 2 saturated heterocycles. The van der Waals surface area contributed by atoms with Crippen LogP contribution in [0.15, 0.2) is 73.1 Å². The molecule has 0 spiro atoms. The number of hydrogen-bond donors (Lipinski definition) is 0. The number of carbonyl (C=O) groups is 2. The Morgan fingerprint density at radius 3 is 2.37 bits per heavy atom. The van der Waals surface area contributed by atoms with Crippen LogP contribution < -0.4 is 9.96 Å². The van der Waals surface area contributed by atoms with Gasteiger partial charge in [-0.15, -0.1) is 0 Å². The number of anilines is 2. The maximum atomic E-state index is 13.5. The minimum atomic E-state index is -0.947. The van der Waals surface area contributed by atoms with Crippen LogP contribution in [0.4, 0.5) is 11.4 Å². The molecule has 8 heteroatoms. The SMILES string of the molecule is O=C1[C@H]2[C@H](ON(c3ccccc3)[C@@H]2c2cccnc2)C(=O)N1c1ccc(Cl)c(Cl)c1. The molecule has 0 saturated carbocycles. The molecule has 0 aliphatic carbocycles. The molecule has 3 heterocycles. The van der Waals surface area contributed by atoms with Gasteiger partial charge in [-0.1, -0.05) is 47.5 Å². The number of benzene rings is 2. The van der Waals surface area contributed by atoms with Crippen LogP contribution in [-0.4, -0.2) is 22.9 Å². The Hall–Kier alpha value is -2.93. The Labute approximate surface area is 182 Å². The van der Waals surface area contributed by atoms with Crippen LogP contribution >= 0.6 is 23.2 Å². The van der Waals surface area contributed by atoms with E-state index in [0.717, 1.165) is 16.2 Å². The van der Waals surface area contributed by atoms with E-state index < -0.39 is 24.0 Å². The summed E-state index contributed by atoms with van der Waals surface area (Å²) in [6.45, 7) is 0. The van der Waals surface area contributed by atoms with Crippen molar-refractivity contribution in [3.63, 3.8) is 0 Å². The number of para-hydroxylation sites is 1. The monoisotopic (exact) mass is 439 g/mol. The van der Waals surface area contributed by atoms with Crippen molar-refractivity contribution in [2.24, 2.45) is 5.92 Å². The van der Waals surface area contributed by atoms with Crippen LogP contribution in [0.1, 0.15) is 11.6 Å². The highest BCUT2D eigenvalue weighted by atomic mass is 35.5. The Morgan fingerprint density at radius 2 is 1.67 bits per heavy atom. The number of pyridine rings is 1. The number of hydroxylamine groups is 1. The fraction of sp³-hybridized carbons (Fsp3) is 0.136. The quantitative estimate of drug-likeness (QED) is 0.564. The van der Waals surface area contributed by atoms with E-state index in [-0.39, 0.29) is 10.9 Å². The molecule has 2 aliphatic heterocycles. The molecule has 150 valence electrons. The van der Waals surface area contributed by atoms with E-state index in [2.05, 4.69) is 4.98 Å². The largest absolute Gasteiger partial charge is 0.273 e. The number of aromatic nitrogens is 1. The molecular formula is C22H15Cl2N3O3. The van der Waals surface area contributed by atoms with Crippen molar-refractivity contribution in [3.8, 4) is 0 Å². The maximum absolute atomic E-state index is 13.5. The maximum Gasteiger partial charge on any atom is 0.266 e. The minimum Gasteiger partial charge on any atom is -0.273 e. The topological polar surface area (TPSA) is 62.7 Å². The van der Waals surface area contributed by atoms with E-state index in [4.69, 9.17) is 28.0 Å². The van der Waals surface area contributed by atoms with Crippen LogP contribution in [0.2, 0.25) is 10.0 Å². The fourth-order valence-electron chi connectivity index (χ4n) is 3.98. The predicted octanol–water partition coefficient (Wildman–Crippen LogP) is 4.44. The second-order valence-electron chi connectivity index (χ2n) is 7.05. The number of amides is 2. The van der Waals surface area contributed by atoms with Crippen molar-refractivity contribution in [2.75, 3.05) is 9.96 Å². The molecule has 0 radical (unpaired) electrons. The molecule has 5 rings (SSSR count). The first-order chi connectivity index (χ1) is 14.6. The van der Waals surface area contributed by atoms with E-state index in [1.165, 1.54) is 6.07 Å². The summed E-state index contributed by atoms with van der Waals surface area (Å²) in [7, 11) is 0. The first kappa shape index (κ1) is 19.1. The average molecular weight is 440 g/mol. The second kappa shape index (κ2) is 7.40. The van der Waals surface area contributed by atoms with Crippen molar-refractivity contribution in [3.05, 3.63) is 88.7 Å². The first-order valence-corrected chi connectivity index (χ1v) is 10.1. The van der Waals surface area contributed by atoms with Gasteiger partial charge in [0.1, 0.15) is 5.92 Å². The Bertz CT molecular complexity index is 1130. The van der Waals surface area contributed by atoms with Crippen molar-refractivity contribution in [1.82, 2.24) is 4.98 Å². The summed E-state index contributed by atoms with van der Waals surface area (Å²) < 4.78 is 0. The number of fused-ring (bicyclic) bond motifs is 1. The molecular weight excluding hydrogens is 425 g/mol. The van der Waals surface area contributed by atoms with Gasteiger partial charge in [-0.2, -0.15) is 0 Å². The van der Waals surface area contributed by atoms with Gasteiger partial charge in [0.25, 0.3) is 5.91 Å². The Morgan fingerprint density at radius 1 is 0.867 bits per heavy atom. The van der Waals surface area contributed by atoms with Crippen LogP contribution in [0.5, 0.6) is 0 Å². The molecule has 6 nitrogen and oxygen atoms in total. The molecule has 2 aliphatic rings. The Balaban J connectivity index is 1.58. The number of halogens is 2. The highest BCUT2D eigenvalue weighted by Gasteiger charge is 2.60. The summed E-state index contributed by atoms with van der Waals surface area (Å²) >= 11 is 12.1. The third-order valence-corrected chi connectivity index (χ3v) is 6.05. The lowest BCUT2D eigenvalue weighted by atomic mass is 9.91. The molecule has 0 unspecified atom stereocenters. The summed E-state index contributed by atoms with van der Waals surface area (Å²) in [5.74, 6) is -1.51. The van der Waals surface area contributed by atoms with Gasteiger partial charge < -0.3 is 0 Å². The van der Waals surface area contributed by atoms with Gasteiger partial charge in [0.2, 0.25) is 5.91 Å². The first-order valence-electron chi connectivity index (χ1n) is 9.30. The number of rotatable bonds is 3. The van der Waals surface area contributed by atoms with Crippen LogP contribution in [-0.2, 0) is 14.4 Å². The Kier molecular flexibility index (Phi) is 4.70. The van der Waals surface area contributed by atoms with Crippen LogP contribution in [0.3, 0.4) is 0 Å². The third kappa shape index (κ3) is 2.96. The number of imide groups is 1. The lowest BCUT2D eigenvalue weighted by molar-refractivity contribution is -0.126. The van der Waals surface area contributed by atoms with Gasteiger partial charge in [-0.05, 0) is 42.0 Å². The standard InChI is InChI=1S/C22H15Cl2N3O3/c23-16-9-8-15(11-17(16)24)26-21(28)18-19(13-5-4-10-25-12-13)27(30-20(18)22(26)29)14-6-2-1-3-7-14/h1-12,18-20H/t18-,19-,20+/m1/s1. The van der Waals surface area contributed by atoms with Gasteiger partial charge >= 0.3 is 0 Å². The molecule has 0 N–H and O–H groups in total. The van der Waals surface area contributed by atoms with Crippen LogP contribution in [0.25, 0.3) is 0 Å². The van der Waals surface area contributed by atoms with E-state index in [9.17, 15) is 9.59 Å². The molecule has 30 heavy (non-hydrogen) atoms. The van der Waals surface area contributed by atoms with Crippen molar-refractivity contribution in [2.45, 2.75) is 12.1 Å². The fourth-order valence-corrected chi connectivity index (χ4v) is 4.27. The summed E-state index contributed by atoms with van der Waals surface area (Å²) in [4.78, 5) is 38.0. The van der Waals surface area contributed by atoms with Gasteiger partial charge in [-0.25, -0.2) is 9.96 Å². The molecule has 3 atom stereocenters. The number of hydrogen-bond acceptors (Lipinski definition) is 5. The number of nitrogens with zero attached hydrogens (tertiary/aromatic N) is 3. The van der Waals surface area contributed by atoms with E-state index >= 15 is 0 Å². The second-order valence-corrected chi connectivity index (χ2v) is 7.87. The molecule has 2 fully saturated rings. The van der Waals surface area contributed by atoms with Gasteiger partial charge in [0, 0.05) is 12.4 Å². The number of carbonyl (C=O) groups excluding carboxylic acids is 2. The smallest absolute Gasteiger partial charge is 0.266 e. The lowest BCUT2D eigenvalue weighted by Crippen LogP contribution is -2.37. The third-order valence-electron chi connectivity index (χ3n) is 5.31. The van der Waals surface area contributed by atoms with Crippen molar-refractivity contribution >= 4 is 46.4 Å². The zero-order chi connectivity index (χ0) is 20.8. The summed E-state index contributed by atoms with van der Waals surface area (Å²) in [6.07, 6.45) is 2.40. The van der Waals surface area contributed by atoms with Crippen molar-refractivity contribution in [1.29, 1.82) is 0 Å². The van der Waals surface area contributed by atoms with E-state index in [1.54, 1.807) is 35.7 Å². The summed E-state index contributed by atoms with van der Waals surface area (Å²) in [5, 5.41) is 2.25. The zero-order valence-corrected chi connectivity index (χ0v) is 17.0. The minimum absolute atomic E-state index is 0.266. The van der Waals surface area contributed by atoms with Gasteiger partial charge in [0.15, 0.2) is 6.10 Å². The lowest BCUT2D eigenvalue weighted by Gasteiger charge is -2.28. The summed E-state index contributed by atoms with van der Waals surface area (Å²) in [6, 6.07) is 17.2. The molecule has 3 aromatic rings. The summed E-state index contributed by atoms with van der Waals surface area (Å²) in [5.41, 5.74) is 1.90. The van der Waals surface area contributed by atoms with Crippen molar-refractivity contribution < 1.29 is 14.4 Å². The van der Waals surface area contributed by atoms with E-state index in [1.807, 2.05) is 36.4 Å². The highest BCUT2D eigenvalue weighted by Crippen LogP contribution is 2.47. The average Bonchev–Trinajstić information content (AvgIpc) is 3.28. The molecule has 1 aromatic heterocycles. The highest BCUT2D eigenvalue weighted by molar-refractivity contribution is 6.42. The van der Waals surface area contributed by atoms with Gasteiger partial charge in [0.05, 0.1) is 27.5 Å². The predicted molar refractivity (Wildman–Crippen MR) is 113 cm³/mol. The molecule has 0 bridgehead atoms. The van der Waals surface area contributed by atoms with E-state index in [0.29, 0.717) is 10.7 Å². The zero-order valence-electron chi connectivity index (χ0n) is 15.5. The molecule has 2 amide bonds. The molecule has 2 aromatic carbocycles.